The van der Waals surface area contributed by atoms with E-state index in [9.17, 15) is 4.79 Å². The normalized spacial score (nSPS) is 10.3. The zero-order valence-corrected chi connectivity index (χ0v) is 13.0. The van der Waals surface area contributed by atoms with E-state index in [2.05, 4.69) is 31.4 Å². The minimum Gasteiger partial charge on any atom is -0.322 e. The van der Waals surface area contributed by atoms with Gasteiger partial charge >= 0.3 is 0 Å². The van der Waals surface area contributed by atoms with Crippen molar-refractivity contribution in [1.82, 2.24) is 10.2 Å². The van der Waals surface area contributed by atoms with Gasteiger partial charge in [-0.2, -0.15) is 0 Å². The average molecular weight is 381 g/mol. The highest BCUT2D eigenvalue weighted by atomic mass is 79.9. The molecule has 0 aliphatic carbocycles. The van der Waals surface area contributed by atoms with E-state index < -0.39 is 5.91 Å². The van der Waals surface area contributed by atoms with Crippen molar-refractivity contribution in [2.45, 2.75) is 0 Å². The van der Waals surface area contributed by atoms with E-state index in [4.69, 9.17) is 34.8 Å². The van der Waals surface area contributed by atoms with Gasteiger partial charge in [0.2, 0.25) is 0 Å². The van der Waals surface area contributed by atoms with Crippen LogP contribution in [0.15, 0.2) is 28.7 Å². The lowest BCUT2D eigenvalue weighted by molar-refractivity contribution is 0.102. The maximum absolute atomic E-state index is 12.0. The van der Waals surface area contributed by atoms with Gasteiger partial charge in [-0.1, -0.05) is 34.8 Å². The molecule has 8 heteroatoms. The number of anilines is 1. The lowest BCUT2D eigenvalue weighted by Crippen LogP contribution is -2.13. The first kappa shape index (κ1) is 14.5. The minimum atomic E-state index is -0.444. The van der Waals surface area contributed by atoms with Crippen LogP contribution in [0.4, 0.5) is 5.69 Å². The number of carbonyl (C=O) groups is 1. The molecule has 1 aromatic carbocycles. The summed E-state index contributed by atoms with van der Waals surface area (Å²) in [4.78, 5) is 12.0. The summed E-state index contributed by atoms with van der Waals surface area (Å²) in [6, 6.07) is 6.36. The van der Waals surface area contributed by atoms with Gasteiger partial charge in [0.1, 0.15) is 0 Å². The first-order valence-corrected chi connectivity index (χ1v) is 6.85. The number of carbonyl (C=O) groups excluding carboxylic acids is 1. The summed E-state index contributed by atoms with van der Waals surface area (Å²) >= 11 is 20.6. The molecule has 2 aromatic rings. The first-order chi connectivity index (χ1) is 8.97. The Morgan fingerprint density at radius 2 is 1.89 bits per heavy atom. The maximum atomic E-state index is 12.0. The van der Waals surface area contributed by atoms with Crippen molar-refractivity contribution >= 4 is 62.3 Å². The maximum Gasteiger partial charge on any atom is 0.258 e. The lowest BCUT2D eigenvalue weighted by Gasteiger charge is -2.07. The molecule has 0 bridgehead atoms. The van der Waals surface area contributed by atoms with Gasteiger partial charge in [0, 0.05) is 10.2 Å². The fourth-order valence-electron chi connectivity index (χ4n) is 1.28. The molecule has 0 aliphatic heterocycles. The standard InChI is InChI=1S/C11H5BrCl3N3O/c12-7-2-1-5(3-8(7)13)16-11(19)6-4-9(14)17-18-10(6)15/h1-4H,(H,16,19). The van der Waals surface area contributed by atoms with Crippen LogP contribution in [-0.4, -0.2) is 16.1 Å². The fourth-order valence-corrected chi connectivity index (χ4v) is 2.04. The Kier molecular flexibility index (Phi) is 4.62. The van der Waals surface area contributed by atoms with Gasteiger partial charge in [-0.05, 0) is 40.2 Å². The van der Waals surface area contributed by atoms with E-state index >= 15 is 0 Å². The summed E-state index contributed by atoms with van der Waals surface area (Å²) in [6.45, 7) is 0. The predicted molar refractivity (Wildman–Crippen MR) is 79.2 cm³/mol. The smallest absolute Gasteiger partial charge is 0.258 e. The number of benzene rings is 1. The van der Waals surface area contributed by atoms with Gasteiger partial charge in [0.05, 0.1) is 10.6 Å². The highest BCUT2D eigenvalue weighted by Crippen LogP contribution is 2.26. The summed E-state index contributed by atoms with van der Waals surface area (Å²) < 4.78 is 0.735. The Balaban J connectivity index is 2.25. The second-order valence-corrected chi connectivity index (χ2v) is 5.46. The predicted octanol–water partition coefficient (Wildman–Crippen LogP) is 4.45. The quantitative estimate of drug-likeness (QED) is 0.836. The number of hydrogen-bond donors (Lipinski definition) is 1. The van der Waals surface area contributed by atoms with Crippen molar-refractivity contribution in [3.8, 4) is 0 Å². The second-order valence-electron chi connectivity index (χ2n) is 3.45. The molecule has 0 saturated heterocycles. The molecule has 0 fully saturated rings. The van der Waals surface area contributed by atoms with Crippen molar-refractivity contribution in [3.05, 3.63) is 49.6 Å². The highest BCUT2D eigenvalue weighted by molar-refractivity contribution is 9.10. The Morgan fingerprint density at radius 1 is 1.16 bits per heavy atom. The van der Waals surface area contributed by atoms with E-state index in [-0.39, 0.29) is 15.9 Å². The van der Waals surface area contributed by atoms with Crippen LogP contribution < -0.4 is 5.32 Å². The number of amides is 1. The lowest BCUT2D eigenvalue weighted by atomic mass is 10.2. The monoisotopic (exact) mass is 379 g/mol. The summed E-state index contributed by atoms with van der Waals surface area (Å²) in [5.74, 6) is -0.444. The zero-order chi connectivity index (χ0) is 14.0. The van der Waals surface area contributed by atoms with E-state index in [1.807, 2.05) is 0 Å². The number of nitrogens with one attached hydrogen (secondary N) is 1. The Bertz CT molecular complexity index is 651. The Labute approximate surface area is 132 Å². The molecule has 19 heavy (non-hydrogen) atoms. The second kappa shape index (κ2) is 6.05. The van der Waals surface area contributed by atoms with Gasteiger partial charge in [-0.3, -0.25) is 4.79 Å². The van der Waals surface area contributed by atoms with Gasteiger partial charge < -0.3 is 5.32 Å². The fraction of sp³-hybridized carbons (Fsp3) is 0. The van der Waals surface area contributed by atoms with Crippen LogP contribution in [-0.2, 0) is 0 Å². The SMILES string of the molecule is O=C(Nc1ccc(Br)c(Cl)c1)c1cc(Cl)nnc1Cl. The minimum absolute atomic E-state index is 0.0230. The molecule has 0 saturated carbocycles. The number of hydrogen-bond acceptors (Lipinski definition) is 3. The molecule has 98 valence electrons. The largest absolute Gasteiger partial charge is 0.322 e. The molecule has 1 heterocycles. The van der Waals surface area contributed by atoms with E-state index in [0.29, 0.717) is 10.7 Å². The number of aromatic nitrogens is 2. The van der Waals surface area contributed by atoms with E-state index in [0.717, 1.165) is 4.47 Å². The number of halogens is 4. The van der Waals surface area contributed by atoms with E-state index in [1.165, 1.54) is 6.07 Å². The summed E-state index contributed by atoms with van der Waals surface area (Å²) in [5, 5.41) is 10.3. The van der Waals surface area contributed by atoms with E-state index in [1.54, 1.807) is 18.2 Å². The van der Waals surface area contributed by atoms with Crippen molar-refractivity contribution in [1.29, 1.82) is 0 Å². The molecule has 0 aliphatic rings. The van der Waals surface area contributed by atoms with Crippen molar-refractivity contribution in [2.75, 3.05) is 5.32 Å². The van der Waals surface area contributed by atoms with Crippen LogP contribution in [0.5, 0.6) is 0 Å². The average Bonchev–Trinajstić information content (AvgIpc) is 2.36. The summed E-state index contributed by atoms with van der Waals surface area (Å²) in [6.07, 6.45) is 0. The van der Waals surface area contributed by atoms with Crippen LogP contribution in [0.2, 0.25) is 15.3 Å². The summed E-state index contributed by atoms with van der Waals surface area (Å²) in [5.41, 5.74) is 0.669. The number of nitrogens with zero attached hydrogens (tertiary/aromatic N) is 2. The molecule has 1 aromatic heterocycles. The Morgan fingerprint density at radius 3 is 2.58 bits per heavy atom. The molecule has 1 N–H and O–H groups in total. The Hall–Kier alpha value is -0.880. The van der Waals surface area contributed by atoms with Crippen LogP contribution in [0.3, 0.4) is 0 Å². The van der Waals surface area contributed by atoms with Crippen LogP contribution in [0.1, 0.15) is 10.4 Å². The first-order valence-electron chi connectivity index (χ1n) is 4.92. The third-order valence-electron chi connectivity index (χ3n) is 2.14. The molecule has 0 atom stereocenters. The van der Waals surface area contributed by atoms with Crippen molar-refractivity contribution < 1.29 is 4.79 Å². The summed E-state index contributed by atoms with van der Waals surface area (Å²) in [7, 11) is 0. The van der Waals surface area contributed by atoms with Crippen LogP contribution in [0, 0.1) is 0 Å². The highest BCUT2D eigenvalue weighted by Gasteiger charge is 2.13. The molecule has 1 amide bonds. The van der Waals surface area contributed by atoms with Crippen molar-refractivity contribution in [2.24, 2.45) is 0 Å². The molecule has 0 spiro atoms. The molecule has 4 nitrogen and oxygen atoms in total. The third kappa shape index (κ3) is 3.57. The van der Waals surface area contributed by atoms with Gasteiger partial charge in [-0.25, -0.2) is 0 Å². The van der Waals surface area contributed by atoms with Crippen LogP contribution >= 0.6 is 50.7 Å². The topological polar surface area (TPSA) is 54.9 Å². The number of rotatable bonds is 2. The third-order valence-corrected chi connectivity index (χ3v) is 3.84. The molecule has 0 unspecified atom stereocenters. The molecular formula is C11H5BrCl3N3O. The molecule has 0 radical (unpaired) electrons. The van der Waals surface area contributed by atoms with Crippen molar-refractivity contribution in [3.63, 3.8) is 0 Å². The van der Waals surface area contributed by atoms with Crippen LogP contribution in [0.25, 0.3) is 0 Å². The molecular weight excluding hydrogens is 376 g/mol. The van der Waals surface area contributed by atoms with Gasteiger partial charge in [0.25, 0.3) is 5.91 Å². The van der Waals surface area contributed by atoms with Gasteiger partial charge in [-0.15, -0.1) is 10.2 Å². The zero-order valence-electron chi connectivity index (χ0n) is 9.12. The molecule has 2 rings (SSSR count). The van der Waals surface area contributed by atoms with Gasteiger partial charge in [0.15, 0.2) is 10.3 Å².